The zero-order valence-corrected chi connectivity index (χ0v) is 4.42. The van der Waals surface area contributed by atoms with Gasteiger partial charge < -0.3 is 9.84 Å². The average molecular weight is 102 g/mol. The highest BCUT2D eigenvalue weighted by Crippen LogP contribution is 2.15. The van der Waals surface area contributed by atoms with E-state index >= 15 is 0 Å². The van der Waals surface area contributed by atoms with Crippen molar-refractivity contribution >= 4 is 0 Å². The van der Waals surface area contributed by atoms with E-state index in [1.54, 1.807) is 0 Å². The third kappa shape index (κ3) is 1.14. The highest BCUT2D eigenvalue weighted by Gasteiger charge is 2.29. The molecule has 0 aromatic carbocycles. The van der Waals surface area contributed by atoms with E-state index in [2.05, 4.69) is 0 Å². The van der Waals surface area contributed by atoms with Crippen molar-refractivity contribution in [3.8, 4) is 0 Å². The third-order valence-corrected chi connectivity index (χ3v) is 1.21. The maximum atomic E-state index is 8.87. The normalized spacial score (nSPS) is 32.6. The van der Waals surface area contributed by atoms with Crippen molar-refractivity contribution in [2.75, 3.05) is 6.61 Å². The van der Waals surface area contributed by atoms with Crippen LogP contribution in [0.5, 0.6) is 0 Å². The summed E-state index contributed by atoms with van der Waals surface area (Å²) in [5.74, 6) is 0. The van der Waals surface area contributed by atoms with Crippen LogP contribution in [0.1, 0.15) is 13.3 Å². The summed E-state index contributed by atoms with van der Waals surface area (Å²) < 4.78 is 4.81. The van der Waals surface area contributed by atoms with E-state index in [1.165, 1.54) is 0 Å². The van der Waals surface area contributed by atoms with Crippen molar-refractivity contribution in [1.82, 2.24) is 0 Å². The monoisotopic (exact) mass is 102 g/mol. The van der Waals surface area contributed by atoms with E-state index in [1.807, 2.05) is 6.92 Å². The lowest BCUT2D eigenvalue weighted by Crippen LogP contribution is -2.11. The van der Waals surface area contributed by atoms with Crippen LogP contribution >= 0.6 is 0 Å². The molecule has 1 aliphatic rings. The largest absolute Gasteiger partial charge is 0.390 e. The topological polar surface area (TPSA) is 32.8 Å². The highest BCUT2D eigenvalue weighted by molar-refractivity contribution is 4.76. The first-order chi connectivity index (χ1) is 3.34. The lowest BCUT2D eigenvalue weighted by molar-refractivity contribution is 0.131. The third-order valence-electron chi connectivity index (χ3n) is 1.21. The van der Waals surface area contributed by atoms with Crippen molar-refractivity contribution in [2.24, 2.45) is 0 Å². The van der Waals surface area contributed by atoms with Crippen LogP contribution in [0.2, 0.25) is 0 Å². The SMILES string of the molecule is CC[C@H](O)[C@@H]1CO1. The molecule has 0 bridgehead atoms. The Kier molecular flexibility index (Phi) is 1.30. The molecule has 0 amide bonds. The summed E-state index contributed by atoms with van der Waals surface area (Å²) >= 11 is 0. The lowest BCUT2D eigenvalue weighted by atomic mass is 10.2. The number of aliphatic hydroxyl groups excluding tert-OH is 1. The van der Waals surface area contributed by atoms with Gasteiger partial charge >= 0.3 is 0 Å². The van der Waals surface area contributed by atoms with E-state index < -0.39 is 0 Å². The Morgan fingerprint density at radius 1 is 2.00 bits per heavy atom. The Balaban J connectivity index is 2.10. The van der Waals surface area contributed by atoms with Crippen LogP contribution in [0.4, 0.5) is 0 Å². The Bertz CT molecular complexity index is 59.1. The first-order valence-corrected chi connectivity index (χ1v) is 2.64. The predicted molar refractivity (Wildman–Crippen MR) is 26.0 cm³/mol. The highest BCUT2D eigenvalue weighted by atomic mass is 16.6. The number of aliphatic hydroxyl groups is 1. The van der Waals surface area contributed by atoms with E-state index in [0.29, 0.717) is 0 Å². The minimum absolute atomic E-state index is 0.171. The second-order valence-electron chi connectivity index (χ2n) is 1.85. The summed E-state index contributed by atoms with van der Waals surface area (Å²) in [6.45, 7) is 2.71. The molecule has 0 aliphatic carbocycles. The maximum Gasteiger partial charge on any atom is 0.107 e. The second kappa shape index (κ2) is 1.80. The number of ether oxygens (including phenoxy) is 1. The standard InChI is InChI=1S/C5H10O2/c1-2-4(6)5-3-7-5/h4-6H,2-3H2,1H3/t4-,5-/m0/s1. The number of hydrogen-bond donors (Lipinski definition) is 1. The van der Waals surface area contributed by atoms with Crippen LogP contribution in [0.25, 0.3) is 0 Å². The molecule has 0 aromatic rings. The van der Waals surface area contributed by atoms with Crippen molar-refractivity contribution in [3.63, 3.8) is 0 Å². The second-order valence-corrected chi connectivity index (χ2v) is 1.85. The molecule has 1 heterocycles. The summed E-state index contributed by atoms with van der Waals surface area (Å²) in [4.78, 5) is 0. The quantitative estimate of drug-likeness (QED) is 0.503. The summed E-state index contributed by atoms with van der Waals surface area (Å²) in [6.07, 6.45) is 0.773. The molecule has 1 N–H and O–H groups in total. The first kappa shape index (κ1) is 5.06. The number of rotatable bonds is 2. The van der Waals surface area contributed by atoms with Gasteiger partial charge in [-0.3, -0.25) is 0 Å². The Morgan fingerprint density at radius 3 is 2.71 bits per heavy atom. The zero-order valence-electron chi connectivity index (χ0n) is 4.42. The van der Waals surface area contributed by atoms with Crippen molar-refractivity contribution in [3.05, 3.63) is 0 Å². The van der Waals surface area contributed by atoms with E-state index in [-0.39, 0.29) is 12.2 Å². The number of epoxide rings is 1. The molecule has 1 rings (SSSR count). The van der Waals surface area contributed by atoms with Crippen LogP contribution in [-0.4, -0.2) is 23.9 Å². The Labute approximate surface area is 43.1 Å². The van der Waals surface area contributed by atoms with Crippen LogP contribution < -0.4 is 0 Å². The zero-order chi connectivity index (χ0) is 5.28. The predicted octanol–water partition coefficient (Wildman–Crippen LogP) is 0.156. The van der Waals surface area contributed by atoms with E-state index in [0.717, 1.165) is 13.0 Å². The van der Waals surface area contributed by atoms with Gasteiger partial charge in [0.25, 0.3) is 0 Å². The summed E-state index contributed by atoms with van der Waals surface area (Å²) in [5.41, 5.74) is 0. The van der Waals surface area contributed by atoms with Crippen molar-refractivity contribution in [1.29, 1.82) is 0 Å². The molecule has 2 nitrogen and oxygen atoms in total. The summed E-state index contributed by atoms with van der Waals surface area (Å²) in [5, 5.41) is 8.87. The van der Waals surface area contributed by atoms with Crippen LogP contribution in [-0.2, 0) is 4.74 Å². The van der Waals surface area contributed by atoms with Gasteiger partial charge in [-0.1, -0.05) is 6.92 Å². The molecule has 1 saturated heterocycles. The average Bonchev–Trinajstić information content (AvgIpc) is 2.44. The van der Waals surface area contributed by atoms with Gasteiger partial charge in [0.2, 0.25) is 0 Å². The number of hydrogen-bond acceptors (Lipinski definition) is 2. The Morgan fingerprint density at radius 2 is 2.57 bits per heavy atom. The van der Waals surface area contributed by atoms with Gasteiger partial charge in [0.15, 0.2) is 0 Å². The van der Waals surface area contributed by atoms with Gasteiger partial charge in [0.05, 0.1) is 12.7 Å². The van der Waals surface area contributed by atoms with Gasteiger partial charge in [-0.2, -0.15) is 0 Å². The lowest BCUT2D eigenvalue weighted by Gasteiger charge is -1.98. The van der Waals surface area contributed by atoms with E-state index in [4.69, 9.17) is 9.84 Å². The van der Waals surface area contributed by atoms with Crippen LogP contribution in [0.15, 0.2) is 0 Å². The first-order valence-electron chi connectivity index (χ1n) is 2.64. The minimum Gasteiger partial charge on any atom is -0.390 e. The molecule has 7 heavy (non-hydrogen) atoms. The van der Waals surface area contributed by atoms with E-state index in [9.17, 15) is 0 Å². The molecule has 1 fully saturated rings. The van der Waals surface area contributed by atoms with Gasteiger partial charge in [0.1, 0.15) is 6.10 Å². The molecule has 0 saturated carbocycles. The molecule has 0 aromatic heterocycles. The molecular formula is C5H10O2. The van der Waals surface area contributed by atoms with Gasteiger partial charge in [0, 0.05) is 0 Å². The molecule has 0 spiro atoms. The van der Waals surface area contributed by atoms with Crippen molar-refractivity contribution < 1.29 is 9.84 Å². The molecule has 1 aliphatic heterocycles. The molecule has 2 atom stereocenters. The fourth-order valence-electron chi connectivity index (χ4n) is 0.541. The fraction of sp³-hybridized carbons (Fsp3) is 1.00. The van der Waals surface area contributed by atoms with Gasteiger partial charge in [-0.25, -0.2) is 0 Å². The van der Waals surface area contributed by atoms with Crippen LogP contribution in [0.3, 0.4) is 0 Å². The maximum absolute atomic E-state index is 8.87. The minimum atomic E-state index is -0.208. The molecule has 0 unspecified atom stereocenters. The smallest absolute Gasteiger partial charge is 0.107 e. The fourth-order valence-corrected chi connectivity index (χ4v) is 0.541. The van der Waals surface area contributed by atoms with Gasteiger partial charge in [-0.05, 0) is 6.42 Å². The summed E-state index contributed by atoms with van der Waals surface area (Å²) in [6, 6.07) is 0. The molecule has 0 radical (unpaired) electrons. The van der Waals surface area contributed by atoms with Crippen molar-refractivity contribution in [2.45, 2.75) is 25.6 Å². The molecule has 42 valence electrons. The molecular weight excluding hydrogens is 92.1 g/mol. The van der Waals surface area contributed by atoms with Gasteiger partial charge in [-0.15, -0.1) is 0 Å². The summed E-state index contributed by atoms with van der Waals surface area (Å²) in [7, 11) is 0. The van der Waals surface area contributed by atoms with Crippen LogP contribution in [0, 0.1) is 0 Å². The molecule has 2 heteroatoms. The Hall–Kier alpha value is -0.0800.